The van der Waals surface area contributed by atoms with Crippen molar-refractivity contribution in [2.24, 2.45) is 0 Å². The summed E-state index contributed by atoms with van der Waals surface area (Å²) in [7, 11) is 1.37. The van der Waals surface area contributed by atoms with E-state index >= 15 is 0 Å². The van der Waals surface area contributed by atoms with Gasteiger partial charge in [0, 0.05) is 24.0 Å². The zero-order valence-electron chi connectivity index (χ0n) is 12.6. The molecule has 22 heavy (non-hydrogen) atoms. The number of ether oxygens (including phenoxy) is 1. The molecule has 0 unspecified atom stereocenters. The molecule has 0 aliphatic carbocycles. The molecule has 0 aromatic carbocycles. The third kappa shape index (κ3) is 4.51. The van der Waals surface area contributed by atoms with E-state index in [1.165, 1.54) is 18.4 Å². The number of nitrogens with one attached hydrogen (secondary N) is 2. The molecule has 2 N–H and O–H groups in total. The van der Waals surface area contributed by atoms with Gasteiger partial charge >= 0.3 is 12.1 Å². The third-order valence-electron chi connectivity index (χ3n) is 3.63. The molecular weight excluding hydrogens is 326 g/mol. The van der Waals surface area contributed by atoms with E-state index in [1.807, 2.05) is 19.1 Å². The first kappa shape index (κ1) is 16.9. The van der Waals surface area contributed by atoms with E-state index < -0.39 is 0 Å². The molecule has 1 aliphatic heterocycles. The average Bonchev–Trinajstić information content (AvgIpc) is 2.94. The Bertz CT molecular complexity index is 529. The summed E-state index contributed by atoms with van der Waals surface area (Å²) in [6, 6.07) is 3.51. The normalized spacial score (nSPS) is 17.0. The molecule has 1 saturated heterocycles. The van der Waals surface area contributed by atoms with Gasteiger partial charge in [-0.05, 0) is 31.9 Å². The largest absolute Gasteiger partial charge is 0.453 e. The summed E-state index contributed by atoms with van der Waals surface area (Å²) in [6.07, 6.45) is 1.13. The van der Waals surface area contributed by atoms with Crippen LogP contribution in [-0.2, 0) is 4.74 Å². The number of amides is 3. The lowest BCUT2D eigenvalue weighted by Crippen LogP contribution is -2.49. The van der Waals surface area contributed by atoms with Gasteiger partial charge in [0.15, 0.2) is 0 Å². The van der Waals surface area contributed by atoms with Gasteiger partial charge in [-0.2, -0.15) is 0 Å². The zero-order valence-corrected chi connectivity index (χ0v) is 14.2. The van der Waals surface area contributed by atoms with Crippen LogP contribution in [0.1, 0.15) is 30.7 Å². The number of urea groups is 1. The van der Waals surface area contributed by atoms with Crippen LogP contribution in [0.5, 0.6) is 0 Å². The van der Waals surface area contributed by atoms with Crippen LogP contribution in [0.4, 0.5) is 9.59 Å². The van der Waals surface area contributed by atoms with Crippen molar-refractivity contribution < 1.29 is 14.3 Å². The van der Waals surface area contributed by atoms with Gasteiger partial charge in [0.2, 0.25) is 0 Å². The number of thiophene rings is 1. The van der Waals surface area contributed by atoms with Crippen LogP contribution in [0.25, 0.3) is 0 Å². The SMILES string of the molecule is COC(=O)N1CCC(NC(=O)N[C@H](C)c2ccc(Cl)s2)CC1. The fraction of sp³-hybridized carbons (Fsp3) is 0.571. The Morgan fingerprint density at radius 2 is 2.09 bits per heavy atom. The van der Waals surface area contributed by atoms with E-state index in [0.29, 0.717) is 17.4 Å². The quantitative estimate of drug-likeness (QED) is 0.884. The average molecular weight is 346 g/mol. The van der Waals surface area contributed by atoms with Crippen LogP contribution in [0.15, 0.2) is 12.1 Å². The molecule has 0 saturated carbocycles. The lowest BCUT2D eigenvalue weighted by Gasteiger charge is -2.31. The molecule has 8 heteroatoms. The lowest BCUT2D eigenvalue weighted by atomic mass is 10.1. The summed E-state index contributed by atoms with van der Waals surface area (Å²) in [4.78, 5) is 26.1. The number of methoxy groups -OCH3 is 1. The Balaban J connectivity index is 1.75. The van der Waals surface area contributed by atoms with Crippen molar-refractivity contribution in [2.75, 3.05) is 20.2 Å². The summed E-state index contributed by atoms with van der Waals surface area (Å²) in [5.74, 6) is 0. The summed E-state index contributed by atoms with van der Waals surface area (Å²) in [5, 5.41) is 5.85. The minimum atomic E-state index is -0.314. The summed E-state index contributed by atoms with van der Waals surface area (Å²) < 4.78 is 5.39. The molecule has 2 rings (SSSR count). The van der Waals surface area contributed by atoms with Gasteiger partial charge in [0.05, 0.1) is 17.5 Å². The van der Waals surface area contributed by atoms with E-state index in [0.717, 1.165) is 17.7 Å². The highest BCUT2D eigenvalue weighted by Gasteiger charge is 2.24. The first-order valence-electron chi connectivity index (χ1n) is 7.14. The van der Waals surface area contributed by atoms with E-state index in [-0.39, 0.29) is 24.2 Å². The number of hydrogen-bond donors (Lipinski definition) is 2. The monoisotopic (exact) mass is 345 g/mol. The van der Waals surface area contributed by atoms with E-state index in [9.17, 15) is 9.59 Å². The Kier molecular flexibility index (Phi) is 5.90. The topological polar surface area (TPSA) is 70.7 Å². The van der Waals surface area contributed by atoms with Crippen molar-refractivity contribution in [3.8, 4) is 0 Å². The number of likely N-dealkylation sites (tertiary alicyclic amines) is 1. The van der Waals surface area contributed by atoms with Crippen LogP contribution < -0.4 is 10.6 Å². The maximum absolute atomic E-state index is 12.0. The lowest BCUT2D eigenvalue weighted by molar-refractivity contribution is 0.110. The van der Waals surface area contributed by atoms with E-state index in [1.54, 1.807) is 4.90 Å². The second-order valence-electron chi connectivity index (χ2n) is 5.21. The molecule has 1 aromatic heterocycles. The van der Waals surface area contributed by atoms with Gasteiger partial charge in [-0.1, -0.05) is 11.6 Å². The highest BCUT2D eigenvalue weighted by molar-refractivity contribution is 7.16. The summed E-state index contributed by atoms with van der Waals surface area (Å²) in [6.45, 7) is 3.10. The molecule has 1 aliphatic rings. The number of nitrogens with zero attached hydrogens (tertiary/aromatic N) is 1. The Labute approximate surface area is 138 Å². The van der Waals surface area contributed by atoms with Gasteiger partial charge in [-0.3, -0.25) is 0 Å². The second kappa shape index (κ2) is 7.69. The smallest absolute Gasteiger partial charge is 0.409 e. The molecule has 0 radical (unpaired) electrons. The summed E-state index contributed by atoms with van der Waals surface area (Å²) >= 11 is 7.35. The van der Waals surface area contributed by atoms with Gasteiger partial charge in [0.1, 0.15) is 0 Å². The Morgan fingerprint density at radius 1 is 1.41 bits per heavy atom. The van der Waals surface area contributed by atoms with E-state index in [4.69, 9.17) is 11.6 Å². The number of rotatable bonds is 3. The highest BCUT2D eigenvalue weighted by Crippen LogP contribution is 2.26. The van der Waals surface area contributed by atoms with Crippen LogP contribution in [0.3, 0.4) is 0 Å². The van der Waals surface area contributed by atoms with Crippen LogP contribution in [0.2, 0.25) is 4.34 Å². The maximum Gasteiger partial charge on any atom is 0.409 e. The molecule has 0 bridgehead atoms. The van der Waals surface area contributed by atoms with E-state index in [2.05, 4.69) is 15.4 Å². The standard InChI is InChI=1S/C14H20ClN3O3S/c1-9(11-3-4-12(15)22-11)16-13(19)17-10-5-7-18(8-6-10)14(20)21-2/h3-4,9-10H,5-8H2,1-2H3,(H2,16,17,19)/t9-/m1/s1. The summed E-state index contributed by atoms with van der Waals surface area (Å²) in [5.41, 5.74) is 0. The number of carbonyl (C=O) groups is 2. The minimum Gasteiger partial charge on any atom is -0.453 e. The maximum atomic E-state index is 12.0. The fourth-order valence-electron chi connectivity index (χ4n) is 2.39. The number of carbonyl (C=O) groups excluding carboxylic acids is 2. The molecule has 0 spiro atoms. The van der Waals surface area contributed by atoms with Gasteiger partial charge in [-0.25, -0.2) is 9.59 Å². The zero-order chi connectivity index (χ0) is 16.1. The van der Waals surface area contributed by atoms with Crippen molar-refractivity contribution >= 4 is 35.1 Å². The Hall–Kier alpha value is -1.47. The van der Waals surface area contributed by atoms with Crippen molar-refractivity contribution in [3.63, 3.8) is 0 Å². The first-order chi connectivity index (χ1) is 10.5. The Morgan fingerprint density at radius 3 is 2.64 bits per heavy atom. The van der Waals surface area contributed by atoms with Crippen LogP contribution >= 0.6 is 22.9 Å². The molecule has 1 aromatic rings. The molecule has 6 nitrogen and oxygen atoms in total. The third-order valence-corrected chi connectivity index (χ3v) is 5.05. The van der Waals surface area contributed by atoms with Crippen molar-refractivity contribution in [3.05, 3.63) is 21.3 Å². The van der Waals surface area contributed by atoms with Gasteiger partial charge in [0.25, 0.3) is 0 Å². The predicted molar refractivity (Wildman–Crippen MR) is 86.4 cm³/mol. The molecule has 1 atom stereocenters. The predicted octanol–water partition coefficient (Wildman–Crippen LogP) is 2.99. The number of halogens is 1. The van der Waals surface area contributed by atoms with Crippen LogP contribution in [0, 0.1) is 0 Å². The number of piperidine rings is 1. The van der Waals surface area contributed by atoms with Crippen molar-refractivity contribution in [1.29, 1.82) is 0 Å². The fourth-order valence-corrected chi connectivity index (χ4v) is 3.45. The molecular formula is C14H20ClN3O3S. The highest BCUT2D eigenvalue weighted by atomic mass is 35.5. The number of hydrogen-bond acceptors (Lipinski definition) is 4. The molecule has 122 valence electrons. The minimum absolute atomic E-state index is 0.0695. The van der Waals surface area contributed by atoms with Crippen molar-refractivity contribution in [1.82, 2.24) is 15.5 Å². The van der Waals surface area contributed by atoms with Crippen molar-refractivity contribution in [2.45, 2.75) is 31.8 Å². The van der Waals surface area contributed by atoms with Crippen LogP contribution in [-0.4, -0.2) is 43.3 Å². The van der Waals surface area contributed by atoms with Gasteiger partial charge in [-0.15, -0.1) is 11.3 Å². The molecule has 2 heterocycles. The second-order valence-corrected chi connectivity index (χ2v) is 6.96. The van der Waals surface area contributed by atoms with Gasteiger partial charge < -0.3 is 20.3 Å². The first-order valence-corrected chi connectivity index (χ1v) is 8.34. The molecule has 3 amide bonds. The molecule has 1 fully saturated rings.